The van der Waals surface area contributed by atoms with Gasteiger partial charge in [0.25, 0.3) is 0 Å². The number of hydrogen-bond acceptors (Lipinski definition) is 3. The summed E-state index contributed by atoms with van der Waals surface area (Å²) in [5.74, 6) is 0. The molecular formula is C11H20N2O. The molecule has 0 bridgehead atoms. The van der Waals surface area contributed by atoms with E-state index in [1.807, 2.05) is 20.8 Å². The largest absolute Gasteiger partial charge is 0.379 e. The average molecular weight is 196 g/mol. The van der Waals surface area contributed by atoms with Crippen LogP contribution in [0.3, 0.4) is 0 Å². The molecule has 1 rings (SSSR count). The van der Waals surface area contributed by atoms with Gasteiger partial charge in [0.05, 0.1) is 11.7 Å². The second-order valence-corrected chi connectivity index (χ2v) is 5.00. The van der Waals surface area contributed by atoms with Crippen molar-refractivity contribution in [2.24, 2.45) is 0 Å². The molecule has 80 valence electrons. The fraction of sp³-hybridized carbons (Fsp3) is 0.909. The van der Waals surface area contributed by atoms with Crippen LogP contribution in [0.15, 0.2) is 0 Å². The third kappa shape index (κ3) is 3.28. The fourth-order valence-corrected chi connectivity index (χ4v) is 1.72. The molecule has 0 saturated heterocycles. The quantitative estimate of drug-likeness (QED) is 0.729. The van der Waals surface area contributed by atoms with E-state index in [1.54, 1.807) is 7.11 Å². The van der Waals surface area contributed by atoms with Crippen LogP contribution in [-0.4, -0.2) is 24.3 Å². The zero-order valence-electron chi connectivity index (χ0n) is 9.55. The average Bonchev–Trinajstić information content (AvgIpc) is 2.87. The number of nitriles is 1. The maximum absolute atomic E-state index is 9.15. The molecule has 1 saturated carbocycles. The molecule has 1 aliphatic rings. The van der Waals surface area contributed by atoms with Crippen molar-refractivity contribution >= 4 is 0 Å². The fourth-order valence-electron chi connectivity index (χ4n) is 1.72. The number of methoxy groups -OCH3 is 1. The first kappa shape index (κ1) is 11.5. The first-order valence-electron chi connectivity index (χ1n) is 5.15. The summed E-state index contributed by atoms with van der Waals surface area (Å²) < 4.78 is 5.35. The van der Waals surface area contributed by atoms with Crippen molar-refractivity contribution in [1.82, 2.24) is 5.32 Å². The van der Waals surface area contributed by atoms with Gasteiger partial charge in [-0.05, 0) is 33.6 Å². The van der Waals surface area contributed by atoms with Crippen molar-refractivity contribution in [3.8, 4) is 6.07 Å². The van der Waals surface area contributed by atoms with Crippen LogP contribution in [0.4, 0.5) is 0 Å². The Kier molecular flexibility index (Phi) is 3.18. The lowest BCUT2D eigenvalue weighted by Gasteiger charge is -2.32. The second kappa shape index (κ2) is 3.88. The molecule has 1 aliphatic carbocycles. The minimum atomic E-state index is -0.458. The van der Waals surface area contributed by atoms with E-state index in [1.165, 1.54) is 12.8 Å². The van der Waals surface area contributed by atoms with Crippen molar-refractivity contribution in [3.05, 3.63) is 0 Å². The minimum absolute atomic E-state index is 0.244. The third-order valence-corrected chi connectivity index (χ3v) is 2.68. The van der Waals surface area contributed by atoms with Gasteiger partial charge < -0.3 is 4.74 Å². The molecule has 1 fully saturated rings. The molecule has 0 radical (unpaired) electrons. The van der Waals surface area contributed by atoms with Gasteiger partial charge in [0, 0.05) is 19.6 Å². The van der Waals surface area contributed by atoms with Crippen LogP contribution in [-0.2, 0) is 4.74 Å². The summed E-state index contributed by atoms with van der Waals surface area (Å²) in [7, 11) is 1.69. The molecule has 3 heteroatoms. The first-order valence-corrected chi connectivity index (χ1v) is 5.15. The number of nitrogens with one attached hydrogen (secondary N) is 1. The molecule has 0 aliphatic heterocycles. The van der Waals surface area contributed by atoms with Crippen LogP contribution in [0.5, 0.6) is 0 Å². The molecule has 0 heterocycles. The summed E-state index contributed by atoms with van der Waals surface area (Å²) in [6, 6.07) is 2.90. The Morgan fingerprint density at radius 2 is 2.00 bits per heavy atom. The van der Waals surface area contributed by atoms with Gasteiger partial charge >= 0.3 is 0 Å². The van der Waals surface area contributed by atoms with Gasteiger partial charge in [0.15, 0.2) is 0 Å². The van der Waals surface area contributed by atoms with Gasteiger partial charge in [-0.3, -0.25) is 5.32 Å². The van der Waals surface area contributed by atoms with Crippen LogP contribution < -0.4 is 5.32 Å². The molecule has 1 unspecified atom stereocenters. The van der Waals surface area contributed by atoms with Gasteiger partial charge in [0.1, 0.15) is 5.54 Å². The lowest BCUT2D eigenvalue weighted by atomic mass is 9.89. The van der Waals surface area contributed by atoms with E-state index in [2.05, 4.69) is 11.4 Å². The van der Waals surface area contributed by atoms with Gasteiger partial charge in [-0.15, -0.1) is 0 Å². The van der Waals surface area contributed by atoms with Crippen LogP contribution in [0.25, 0.3) is 0 Å². The normalized spacial score (nSPS) is 21.4. The van der Waals surface area contributed by atoms with E-state index >= 15 is 0 Å². The van der Waals surface area contributed by atoms with E-state index in [0.29, 0.717) is 12.5 Å². The lowest BCUT2D eigenvalue weighted by Crippen LogP contribution is -2.47. The summed E-state index contributed by atoms with van der Waals surface area (Å²) in [6.07, 6.45) is 3.11. The van der Waals surface area contributed by atoms with Crippen molar-refractivity contribution in [3.63, 3.8) is 0 Å². The van der Waals surface area contributed by atoms with E-state index in [-0.39, 0.29) is 5.60 Å². The summed E-state index contributed by atoms with van der Waals surface area (Å²) in [5, 5.41) is 12.5. The Hall–Kier alpha value is -0.590. The molecule has 14 heavy (non-hydrogen) atoms. The number of rotatable bonds is 5. The molecule has 0 aromatic heterocycles. The highest BCUT2D eigenvalue weighted by Crippen LogP contribution is 2.28. The highest BCUT2D eigenvalue weighted by atomic mass is 16.5. The van der Waals surface area contributed by atoms with E-state index in [0.717, 1.165) is 0 Å². The topological polar surface area (TPSA) is 45.0 Å². The van der Waals surface area contributed by atoms with E-state index < -0.39 is 5.54 Å². The van der Waals surface area contributed by atoms with E-state index in [4.69, 9.17) is 10.00 Å². The zero-order chi connectivity index (χ0) is 10.8. The predicted octanol–water partition coefficient (Wildman–Crippen LogP) is 1.84. The minimum Gasteiger partial charge on any atom is -0.379 e. The molecular weight excluding hydrogens is 176 g/mol. The summed E-state index contributed by atoms with van der Waals surface area (Å²) in [5.41, 5.74) is -0.701. The Bertz CT molecular complexity index is 240. The zero-order valence-corrected chi connectivity index (χ0v) is 9.55. The summed E-state index contributed by atoms with van der Waals surface area (Å²) in [6.45, 7) is 5.97. The van der Waals surface area contributed by atoms with E-state index in [9.17, 15) is 0 Å². The number of hydrogen-bond donors (Lipinski definition) is 1. The Morgan fingerprint density at radius 1 is 1.43 bits per heavy atom. The SMILES string of the molecule is COC(C)(C)CC(C)(C#N)NC1CC1. The first-order chi connectivity index (χ1) is 6.41. The highest BCUT2D eigenvalue weighted by molar-refractivity contribution is 5.09. The predicted molar refractivity (Wildman–Crippen MR) is 55.9 cm³/mol. The summed E-state index contributed by atoms with van der Waals surface area (Å²) >= 11 is 0. The van der Waals surface area contributed by atoms with Gasteiger partial charge in [-0.25, -0.2) is 0 Å². The third-order valence-electron chi connectivity index (χ3n) is 2.68. The maximum Gasteiger partial charge on any atom is 0.106 e. The Morgan fingerprint density at radius 3 is 2.36 bits per heavy atom. The van der Waals surface area contributed by atoms with Crippen LogP contribution in [0.1, 0.15) is 40.0 Å². The van der Waals surface area contributed by atoms with Crippen molar-refractivity contribution in [1.29, 1.82) is 5.26 Å². The second-order valence-electron chi connectivity index (χ2n) is 5.00. The van der Waals surface area contributed by atoms with Crippen molar-refractivity contribution in [2.45, 2.75) is 57.2 Å². The molecule has 0 spiro atoms. The molecule has 0 aromatic rings. The van der Waals surface area contributed by atoms with Crippen LogP contribution in [0.2, 0.25) is 0 Å². The van der Waals surface area contributed by atoms with Gasteiger partial charge in [-0.1, -0.05) is 0 Å². The lowest BCUT2D eigenvalue weighted by molar-refractivity contribution is 0.000960. The molecule has 0 amide bonds. The number of nitrogens with zero attached hydrogens (tertiary/aromatic N) is 1. The number of ether oxygens (including phenoxy) is 1. The van der Waals surface area contributed by atoms with Gasteiger partial charge in [-0.2, -0.15) is 5.26 Å². The molecule has 3 nitrogen and oxygen atoms in total. The molecule has 1 atom stereocenters. The molecule has 1 N–H and O–H groups in total. The summed E-state index contributed by atoms with van der Waals surface area (Å²) in [4.78, 5) is 0. The molecule has 0 aromatic carbocycles. The smallest absolute Gasteiger partial charge is 0.106 e. The standard InChI is InChI=1S/C11H20N2O/c1-10(2,14-4)7-11(3,8-12)13-9-5-6-9/h9,13H,5-7H2,1-4H3. The maximum atomic E-state index is 9.15. The monoisotopic (exact) mass is 196 g/mol. The van der Waals surface area contributed by atoms with Crippen LogP contribution in [0, 0.1) is 11.3 Å². The van der Waals surface area contributed by atoms with Gasteiger partial charge in [0.2, 0.25) is 0 Å². The highest BCUT2D eigenvalue weighted by Gasteiger charge is 2.37. The Labute approximate surface area is 86.4 Å². The van der Waals surface area contributed by atoms with Crippen molar-refractivity contribution < 1.29 is 4.74 Å². The Balaban J connectivity index is 2.55. The van der Waals surface area contributed by atoms with Crippen molar-refractivity contribution in [2.75, 3.05) is 7.11 Å². The van der Waals surface area contributed by atoms with Crippen LogP contribution >= 0.6 is 0 Å².